The molecule has 3 atom stereocenters. The van der Waals surface area contributed by atoms with Gasteiger partial charge in [0.15, 0.2) is 0 Å². The van der Waals surface area contributed by atoms with E-state index >= 15 is 0 Å². The molecule has 3 fully saturated rings. The maximum atomic E-state index is 13.9. The van der Waals surface area contributed by atoms with Crippen LogP contribution in [0.4, 0.5) is 9.18 Å². The summed E-state index contributed by atoms with van der Waals surface area (Å²) in [6.07, 6.45) is 2.18. The molecule has 5 nitrogen and oxygen atoms in total. The molecule has 0 unspecified atom stereocenters. The zero-order valence-corrected chi connectivity index (χ0v) is 15.6. The number of urea groups is 1. The molecule has 3 aliphatic rings. The van der Waals surface area contributed by atoms with Gasteiger partial charge in [-0.1, -0.05) is 12.1 Å². The third-order valence-electron chi connectivity index (χ3n) is 6.22. The van der Waals surface area contributed by atoms with E-state index < -0.39 is 0 Å². The Balaban J connectivity index is 1.59. The maximum Gasteiger partial charge on any atom is 0.320 e. The number of halogens is 1. The lowest BCUT2D eigenvalue weighted by molar-refractivity contribution is 0.0374. The summed E-state index contributed by atoms with van der Waals surface area (Å²) in [5, 5.41) is 0. The number of rotatable bonds is 2. The lowest BCUT2D eigenvalue weighted by Crippen LogP contribution is -2.43. The molecule has 3 saturated heterocycles. The fraction of sp³-hybridized carbons (Fsp3) is 0.650. The number of nitrogens with zero attached hydrogens (tertiary/aromatic N) is 3. The first-order valence-corrected chi connectivity index (χ1v) is 9.60. The topological polar surface area (TPSA) is 36.0 Å². The first kappa shape index (κ1) is 17.7. The summed E-state index contributed by atoms with van der Waals surface area (Å²) in [4.78, 5) is 18.9. The summed E-state index contributed by atoms with van der Waals surface area (Å²) >= 11 is 0. The van der Waals surface area contributed by atoms with Gasteiger partial charge in [0.2, 0.25) is 0 Å². The zero-order valence-electron chi connectivity index (χ0n) is 15.6. The first-order valence-electron chi connectivity index (χ1n) is 9.60. The Morgan fingerprint density at radius 3 is 2.65 bits per heavy atom. The van der Waals surface area contributed by atoms with Gasteiger partial charge in [0.25, 0.3) is 0 Å². The third-order valence-corrected chi connectivity index (χ3v) is 6.22. The van der Waals surface area contributed by atoms with E-state index in [1.807, 2.05) is 11.0 Å². The lowest BCUT2D eigenvalue weighted by Gasteiger charge is -2.35. The average Bonchev–Trinajstić information content (AvgIpc) is 3.19. The number of likely N-dealkylation sites (tertiary alicyclic amines) is 2. The minimum atomic E-state index is -0.234. The van der Waals surface area contributed by atoms with Crippen molar-refractivity contribution >= 4 is 6.03 Å². The van der Waals surface area contributed by atoms with Gasteiger partial charge >= 0.3 is 6.03 Å². The molecule has 6 heteroatoms. The summed E-state index contributed by atoms with van der Waals surface area (Å²) in [6, 6.07) is 7.34. The molecule has 26 heavy (non-hydrogen) atoms. The Morgan fingerprint density at radius 2 is 1.96 bits per heavy atom. The van der Waals surface area contributed by atoms with Crippen molar-refractivity contribution in [3.63, 3.8) is 0 Å². The molecule has 3 aliphatic heterocycles. The van der Waals surface area contributed by atoms with Gasteiger partial charge in [0, 0.05) is 58.9 Å². The predicted octanol–water partition coefficient (Wildman–Crippen LogP) is 2.59. The van der Waals surface area contributed by atoms with Crippen LogP contribution < -0.4 is 0 Å². The highest BCUT2D eigenvalue weighted by molar-refractivity contribution is 5.75. The van der Waals surface area contributed by atoms with Gasteiger partial charge in [-0.15, -0.1) is 0 Å². The van der Waals surface area contributed by atoms with E-state index in [1.54, 1.807) is 31.1 Å². The summed E-state index contributed by atoms with van der Waals surface area (Å²) in [5.74, 6) is 0.584. The van der Waals surface area contributed by atoms with Crippen LogP contribution in [0.3, 0.4) is 0 Å². The number of carbonyl (C=O) groups is 1. The first-order chi connectivity index (χ1) is 12.5. The van der Waals surface area contributed by atoms with E-state index in [2.05, 4.69) is 4.90 Å². The van der Waals surface area contributed by atoms with E-state index in [4.69, 9.17) is 4.74 Å². The minimum Gasteiger partial charge on any atom is -0.381 e. The molecular formula is C20H28FN3O2. The Hall–Kier alpha value is -1.66. The summed E-state index contributed by atoms with van der Waals surface area (Å²) in [5.41, 5.74) is 0.918. The number of fused-ring (bicyclic) bond motifs is 1. The third kappa shape index (κ3) is 3.21. The maximum absolute atomic E-state index is 13.9. The molecule has 3 heterocycles. The summed E-state index contributed by atoms with van der Waals surface area (Å²) < 4.78 is 19.4. The molecule has 0 aliphatic carbocycles. The number of benzene rings is 1. The van der Waals surface area contributed by atoms with Crippen LogP contribution in [-0.4, -0.2) is 73.7 Å². The molecule has 0 spiro atoms. The van der Waals surface area contributed by atoms with Gasteiger partial charge in [0.05, 0.1) is 6.04 Å². The van der Waals surface area contributed by atoms with Gasteiger partial charge in [-0.2, -0.15) is 0 Å². The van der Waals surface area contributed by atoms with Crippen molar-refractivity contribution in [2.45, 2.75) is 24.9 Å². The molecule has 0 aromatic heterocycles. The normalized spacial score (nSPS) is 29.8. The Labute approximate surface area is 154 Å². The molecule has 2 amide bonds. The van der Waals surface area contributed by atoms with E-state index in [-0.39, 0.29) is 17.9 Å². The molecule has 0 saturated carbocycles. The second kappa shape index (κ2) is 7.16. The van der Waals surface area contributed by atoms with Gasteiger partial charge in [-0.05, 0) is 36.5 Å². The monoisotopic (exact) mass is 361 g/mol. The van der Waals surface area contributed by atoms with Crippen molar-refractivity contribution in [1.82, 2.24) is 14.7 Å². The highest BCUT2D eigenvalue weighted by atomic mass is 19.1. The Kier molecular flexibility index (Phi) is 4.88. The minimum absolute atomic E-state index is 0.0197. The van der Waals surface area contributed by atoms with Gasteiger partial charge < -0.3 is 14.5 Å². The Bertz CT molecular complexity index is 662. The van der Waals surface area contributed by atoms with Crippen LogP contribution in [0.5, 0.6) is 0 Å². The molecule has 0 N–H and O–H groups in total. The number of ether oxygens (including phenoxy) is 1. The van der Waals surface area contributed by atoms with Crippen LogP contribution in [0.15, 0.2) is 24.3 Å². The van der Waals surface area contributed by atoms with Crippen LogP contribution in [0, 0.1) is 17.7 Å². The van der Waals surface area contributed by atoms with E-state index in [1.165, 1.54) is 6.07 Å². The average molecular weight is 361 g/mol. The zero-order chi connectivity index (χ0) is 18.3. The standard InChI is InChI=1S/C20H28FN3O2/c1-22(2)20(25)24-12-15-11-23(17-6-8-26-9-7-17)13-18(15)19(24)14-4-3-5-16(21)10-14/h3-5,10,15,17-19H,6-9,11-13H2,1-2H3/t15-,18-,19-/m1/s1. The fourth-order valence-electron chi connectivity index (χ4n) is 5.00. The van der Waals surface area contributed by atoms with E-state index in [0.717, 1.165) is 51.3 Å². The van der Waals surface area contributed by atoms with Crippen LogP contribution in [0.25, 0.3) is 0 Å². The molecule has 1 aromatic rings. The van der Waals surface area contributed by atoms with Gasteiger partial charge in [-0.3, -0.25) is 4.90 Å². The highest BCUT2D eigenvalue weighted by Gasteiger charge is 2.50. The Morgan fingerprint density at radius 1 is 1.19 bits per heavy atom. The molecule has 4 rings (SSSR count). The van der Waals surface area contributed by atoms with Crippen molar-refractivity contribution in [2.75, 3.05) is 46.9 Å². The summed E-state index contributed by atoms with van der Waals surface area (Å²) in [7, 11) is 3.57. The molecular weight excluding hydrogens is 333 g/mol. The molecule has 142 valence electrons. The van der Waals surface area contributed by atoms with Crippen molar-refractivity contribution in [2.24, 2.45) is 11.8 Å². The van der Waals surface area contributed by atoms with E-state index in [9.17, 15) is 9.18 Å². The largest absolute Gasteiger partial charge is 0.381 e. The second-order valence-corrected chi connectivity index (χ2v) is 8.05. The van der Waals surface area contributed by atoms with Crippen LogP contribution in [0.2, 0.25) is 0 Å². The number of carbonyl (C=O) groups excluding carboxylic acids is 1. The smallest absolute Gasteiger partial charge is 0.320 e. The molecule has 0 bridgehead atoms. The van der Waals surface area contributed by atoms with E-state index in [0.29, 0.717) is 17.9 Å². The second-order valence-electron chi connectivity index (χ2n) is 8.05. The van der Waals surface area contributed by atoms with Crippen molar-refractivity contribution < 1.29 is 13.9 Å². The van der Waals surface area contributed by atoms with Crippen molar-refractivity contribution in [1.29, 1.82) is 0 Å². The SMILES string of the molecule is CN(C)C(=O)N1C[C@H]2CN(C3CCOCC3)C[C@H]2[C@H]1c1cccc(F)c1. The van der Waals surface area contributed by atoms with Crippen LogP contribution in [0.1, 0.15) is 24.4 Å². The van der Waals surface area contributed by atoms with Crippen molar-refractivity contribution in [3.8, 4) is 0 Å². The van der Waals surface area contributed by atoms with Gasteiger partial charge in [-0.25, -0.2) is 9.18 Å². The quantitative estimate of drug-likeness (QED) is 0.812. The predicted molar refractivity (Wildman–Crippen MR) is 97.3 cm³/mol. The highest BCUT2D eigenvalue weighted by Crippen LogP contribution is 2.46. The molecule has 0 radical (unpaired) electrons. The summed E-state index contributed by atoms with van der Waals surface area (Å²) in [6.45, 7) is 4.44. The fourth-order valence-corrected chi connectivity index (χ4v) is 5.00. The van der Waals surface area contributed by atoms with Crippen LogP contribution >= 0.6 is 0 Å². The van der Waals surface area contributed by atoms with Crippen LogP contribution in [-0.2, 0) is 4.74 Å². The number of hydrogen-bond acceptors (Lipinski definition) is 3. The number of amides is 2. The lowest BCUT2D eigenvalue weighted by atomic mass is 9.89. The number of hydrogen-bond donors (Lipinski definition) is 0. The molecule has 1 aromatic carbocycles. The van der Waals surface area contributed by atoms with Crippen molar-refractivity contribution in [3.05, 3.63) is 35.6 Å². The van der Waals surface area contributed by atoms with Gasteiger partial charge in [0.1, 0.15) is 5.82 Å².